The van der Waals surface area contributed by atoms with E-state index in [1.54, 1.807) is 0 Å². The van der Waals surface area contributed by atoms with E-state index in [-0.39, 0.29) is 0 Å². The van der Waals surface area contributed by atoms with Crippen molar-refractivity contribution >= 4 is 38.6 Å². The SMILES string of the molecule is C/C(=C\C=C(/C)N(c1ccccc1)c1ccc(C)cc1)N(C)c1c2ccccc2cc2ccccc12. The number of para-hydroxylation sites is 1. The van der Waals surface area contributed by atoms with Gasteiger partial charge in [0.15, 0.2) is 0 Å². The van der Waals surface area contributed by atoms with Crippen LogP contribution in [0, 0.1) is 6.92 Å². The van der Waals surface area contributed by atoms with Crippen LogP contribution in [0.3, 0.4) is 0 Å². The molecule has 36 heavy (non-hydrogen) atoms. The first-order valence-electron chi connectivity index (χ1n) is 12.4. The first-order chi connectivity index (χ1) is 17.5. The van der Waals surface area contributed by atoms with Gasteiger partial charge in [0, 0.05) is 40.6 Å². The van der Waals surface area contributed by atoms with Crippen LogP contribution in [-0.2, 0) is 0 Å². The zero-order valence-electron chi connectivity index (χ0n) is 21.4. The first-order valence-corrected chi connectivity index (χ1v) is 12.4. The van der Waals surface area contributed by atoms with Crippen LogP contribution >= 0.6 is 0 Å². The summed E-state index contributed by atoms with van der Waals surface area (Å²) in [6.07, 6.45) is 4.43. The third kappa shape index (κ3) is 4.63. The smallest absolute Gasteiger partial charge is 0.0564 e. The molecule has 0 heterocycles. The van der Waals surface area contributed by atoms with E-state index < -0.39 is 0 Å². The molecule has 0 aliphatic heterocycles. The van der Waals surface area contributed by atoms with E-state index in [1.165, 1.54) is 38.5 Å². The minimum Gasteiger partial charge on any atom is -0.347 e. The predicted octanol–water partition coefficient (Wildman–Crippen LogP) is 9.38. The summed E-state index contributed by atoms with van der Waals surface area (Å²) < 4.78 is 0. The minimum atomic E-state index is 1.15. The summed E-state index contributed by atoms with van der Waals surface area (Å²) in [5.41, 5.74) is 7.12. The van der Waals surface area contributed by atoms with E-state index in [4.69, 9.17) is 0 Å². The van der Waals surface area contributed by atoms with Gasteiger partial charge in [-0.05, 0) is 74.0 Å². The molecule has 0 aromatic heterocycles. The van der Waals surface area contributed by atoms with E-state index in [0.717, 1.165) is 17.1 Å². The fourth-order valence-corrected chi connectivity index (χ4v) is 4.78. The van der Waals surface area contributed by atoms with Crippen LogP contribution in [0.1, 0.15) is 19.4 Å². The standard InChI is InChI=1S/C34H32N2/c1-25-18-22-31(23-19-25)36(30-14-6-5-7-15-30)27(3)21-20-26(2)35(4)34-32-16-10-8-12-28(32)24-29-13-9-11-17-33(29)34/h5-24H,1-4H3/b26-20+,27-21+. The van der Waals surface area contributed by atoms with Gasteiger partial charge in [-0.25, -0.2) is 0 Å². The lowest BCUT2D eigenvalue weighted by Gasteiger charge is -2.27. The fourth-order valence-electron chi connectivity index (χ4n) is 4.78. The van der Waals surface area contributed by atoms with E-state index in [9.17, 15) is 0 Å². The summed E-state index contributed by atoms with van der Waals surface area (Å²) >= 11 is 0. The van der Waals surface area contributed by atoms with Crippen molar-refractivity contribution in [2.75, 3.05) is 16.8 Å². The lowest BCUT2D eigenvalue weighted by Crippen LogP contribution is -2.16. The van der Waals surface area contributed by atoms with E-state index in [0.29, 0.717) is 0 Å². The van der Waals surface area contributed by atoms with Crippen molar-refractivity contribution in [3.05, 3.63) is 138 Å². The molecular formula is C34H32N2. The van der Waals surface area contributed by atoms with Crippen LogP contribution in [0.4, 0.5) is 17.1 Å². The van der Waals surface area contributed by atoms with Gasteiger partial charge in [-0.1, -0.05) is 84.4 Å². The number of fused-ring (bicyclic) bond motifs is 2. The zero-order chi connectivity index (χ0) is 25.1. The second-order valence-corrected chi connectivity index (χ2v) is 9.35. The fraction of sp³-hybridized carbons (Fsp3) is 0.118. The second kappa shape index (κ2) is 10.1. The summed E-state index contributed by atoms with van der Waals surface area (Å²) in [5, 5.41) is 5.04. The van der Waals surface area contributed by atoms with Crippen molar-refractivity contribution in [3.63, 3.8) is 0 Å². The van der Waals surface area contributed by atoms with Crippen molar-refractivity contribution in [3.8, 4) is 0 Å². The molecule has 0 aliphatic carbocycles. The lowest BCUT2D eigenvalue weighted by molar-refractivity contribution is 1.10. The Bertz CT molecular complexity index is 1510. The average Bonchev–Trinajstić information content (AvgIpc) is 2.91. The van der Waals surface area contributed by atoms with Crippen LogP contribution in [-0.4, -0.2) is 7.05 Å². The molecule has 178 valence electrons. The number of allylic oxidation sites excluding steroid dienone is 4. The van der Waals surface area contributed by atoms with Crippen molar-refractivity contribution in [1.29, 1.82) is 0 Å². The summed E-state index contributed by atoms with van der Waals surface area (Å²) in [5.74, 6) is 0. The highest BCUT2D eigenvalue weighted by atomic mass is 15.1. The molecule has 5 aromatic carbocycles. The van der Waals surface area contributed by atoms with Crippen molar-refractivity contribution in [2.45, 2.75) is 20.8 Å². The molecule has 5 aromatic rings. The third-order valence-corrected chi connectivity index (χ3v) is 6.83. The Balaban J connectivity index is 1.56. The Morgan fingerprint density at radius 1 is 0.583 bits per heavy atom. The first kappa shape index (κ1) is 23.4. The maximum absolute atomic E-state index is 2.31. The number of benzene rings is 5. The molecule has 0 aliphatic rings. The predicted molar refractivity (Wildman–Crippen MR) is 157 cm³/mol. The Kier molecular flexibility index (Phi) is 6.60. The average molecular weight is 469 g/mol. The van der Waals surface area contributed by atoms with Crippen LogP contribution in [0.25, 0.3) is 21.5 Å². The van der Waals surface area contributed by atoms with Crippen molar-refractivity contribution in [1.82, 2.24) is 0 Å². The van der Waals surface area contributed by atoms with Crippen molar-refractivity contribution in [2.24, 2.45) is 0 Å². The normalized spacial score (nSPS) is 12.2. The number of hydrogen-bond donors (Lipinski definition) is 0. The highest BCUT2D eigenvalue weighted by Crippen LogP contribution is 2.36. The molecule has 0 fully saturated rings. The third-order valence-electron chi connectivity index (χ3n) is 6.83. The monoisotopic (exact) mass is 468 g/mol. The van der Waals surface area contributed by atoms with Gasteiger partial charge < -0.3 is 9.80 Å². The quantitative estimate of drug-likeness (QED) is 0.181. The number of anilines is 3. The molecule has 0 amide bonds. The highest BCUT2D eigenvalue weighted by Gasteiger charge is 2.14. The molecule has 0 radical (unpaired) electrons. The van der Waals surface area contributed by atoms with Crippen LogP contribution < -0.4 is 9.80 Å². The van der Waals surface area contributed by atoms with E-state index >= 15 is 0 Å². The largest absolute Gasteiger partial charge is 0.347 e. The lowest BCUT2D eigenvalue weighted by atomic mass is 10.00. The molecule has 0 saturated heterocycles. The maximum atomic E-state index is 2.31. The van der Waals surface area contributed by atoms with E-state index in [2.05, 4.69) is 159 Å². The van der Waals surface area contributed by atoms with E-state index in [1.807, 2.05) is 0 Å². The molecule has 0 N–H and O–H groups in total. The summed E-state index contributed by atoms with van der Waals surface area (Å²) in [7, 11) is 2.16. The summed E-state index contributed by atoms with van der Waals surface area (Å²) in [4.78, 5) is 4.61. The Labute approximate surface area is 214 Å². The van der Waals surface area contributed by atoms with Gasteiger partial charge in [0.2, 0.25) is 0 Å². The summed E-state index contributed by atoms with van der Waals surface area (Å²) in [6.45, 7) is 6.47. The highest BCUT2D eigenvalue weighted by molar-refractivity contribution is 6.11. The van der Waals surface area contributed by atoms with Gasteiger partial charge in [-0.15, -0.1) is 0 Å². The molecule has 5 rings (SSSR count). The number of hydrogen-bond acceptors (Lipinski definition) is 2. The van der Waals surface area contributed by atoms with Gasteiger partial charge in [0.25, 0.3) is 0 Å². The molecule has 0 bridgehead atoms. The topological polar surface area (TPSA) is 6.48 Å². The van der Waals surface area contributed by atoms with Crippen molar-refractivity contribution < 1.29 is 0 Å². The Morgan fingerprint density at radius 3 is 1.69 bits per heavy atom. The number of rotatable bonds is 6. The molecule has 0 spiro atoms. The number of aryl methyl sites for hydroxylation is 1. The minimum absolute atomic E-state index is 1.15. The van der Waals surface area contributed by atoms with Gasteiger partial charge in [0.1, 0.15) is 0 Å². The Hall–Kier alpha value is -4.30. The maximum Gasteiger partial charge on any atom is 0.0564 e. The van der Waals surface area contributed by atoms with Gasteiger partial charge in [0.05, 0.1) is 5.69 Å². The molecule has 2 nitrogen and oxygen atoms in total. The molecule has 0 saturated carbocycles. The zero-order valence-corrected chi connectivity index (χ0v) is 21.4. The molecule has 2 heteroatoms. The van der Waals surface area contributed by atoms with Gasteiger partial charge in [-0.3, -0.25) is 0 Å². The Morgan fingerprint density at radius 2 is 1.08 bits per heavy atom. The number of nitrogens with zero attached hydrogens (tertiary/aromatic N) is 2. The molecule has 0 atom stereocenters. The molecular weight excluding hydrogens is 436 g/mol. The second-order valence-electron chi connectivity index (χ2n) is 9.35. The van der Waals surface area contributed by atoms with Crippen LogP contribution in [0.5, 0.6) is 0 Å². The van der Waals surface area contributed by atoms with Gasteiger partial charge >= 0.3 is 0 Å². The van der Waals surface area contributed by atoms with Gasteiger partial charge in [-0.2, -0.15) is 0 Å². The molecule has 0 unspecified atom stereocenters. The summed E-state index contributed by atoms with van der Waals surface area (Å²) in [6, 6.07) is 38.8. The van der Waals surface area contributed by atoms with Crippen LogP contribution in [0.15, 0.2) is 133 Å². The van der Waals surface area contributed by atoms with Crippen LogP contribution in [0.2, 0.25) is 0 Å².